The molecule has 0 aromatic carbocycles. The second-order valence-corrected chi connectivity index (χ2v) is 10.6. The monoisotopic (exact) mass is 265 g/mol. The van der Waals surface area contributed by atoms with Crippen LogP contribution >= 0.6 is 0 Å². The van der Waals surface area contributed by atoms with Crippen LogP contribution in [0.4, 0.5) is 0 Å². The normalized spacial score (nSPS) is 14.6. The molecule has 0 aliphatic rings. The number of hydrogen-bond donors (Lipinski definition) is 0. The average Bonchev–Trinajstić information content (AvgIpc) is 2.21. The molecule has 0 radical (unpaired) electrons. The van der Waals surface area contributed by atoms with Gasteiger partial charge < -0.3 is 4.43 Å². The zero-order chi connectivity index (χ0) is 14.2. The van der Waals surface area contributed by atoms with E-state index in [1.807, 2.05) is 0 Å². The van der Waals surface area contributed by atoms with Crippen LogP contribution in [0.15, 0.2) is 0 Å². The maximum absolute atomic E-state index is 9.49. The van der Waals surface area contributed by atoms with Crippen LogP contribution in [-0.4, -0.2) is 13.9 Å². The minimum Gasteiger partial charge on any atom is -0.391 e. The number of rotatable bonds is 6. The second-order valence-electron chi connectivity index (χ2n) is 6.16. The minimum atomic E-state index is -1.77. The van der Waals surface area contributed by atoms with Gasteiger partial charge in [-0.2, -0.15) is 5.26 Å². The Bertz CT molecular complexity index is 340. The second kappa shape index (κ2) is 7.62. The quantitative estimate of drug-likeness (QED) is 0.406. The van der Waals surface area contributed by atoms with E-state index in [-0.39, 0.29) is 0 Å². The van der Waals surface area contributed by atoms with Crippen LogP contribution in [0.25, 0.3) is 0 Å². The van der Waals surface area contributed by atoms with E-state index in [4.69, 9.17) is 4.43 Å². The van der Waals surface area contributed by atoms with E-state index in [0.29, 0.717) is 12.3 Å². The molecule has 0 amide bonds. The third-order valence-corrected chi connectivity index (χ3v) is 3.26. The highest BCUT2D eigenvalue weighted by atomic mass is 28.4. The lowest BCUT2D eigenvalue weighted by atomic mass is 9.94. The Morgan fingerprint density at radius 2 is 1.89 bits per heavy atom. The van der Waals surface area contributed by atoms with Crippen molar-refractivity contribution in [1.29, 1.82) is 5.26 Å². The summed E-state index contributed by atoms with van der Waals surface area (Å²) in [4.78, 5) is 0. The molecule has 0 N–H and O–H groups in total. The molecule has 0 unspecified atom stereocenters. The van der Waals surface area contributed by atoms with Gasteiger partial charge in [0.1, 0.15) is 6.07 Å². The van der Waals surface area contributed by atoms with Crippen molar-refractivity contribution in [2.75, 3.05) is 0 Å². The highest BCUT2D eigenvalue weighted by Crippen LogP contribution is 2.25. The predicted molar refractivity (Wildman–Crippen MR) is 79.5 cm³/mol. The van der Waals surface area contributed by atoms with Crippen LogP contribution in [0, 0.1) is 29.1 Å². The van der Waals surface area contributed by atoms with Crippen molar-refractivity contribution >= 4 is 8.32 Å². The number of hydrogen-bond acceptors (Lipinski definition) is 2. The van der Waals surface area contributed by atoms with Crippen molar-refractivity contribution < 1.29 is 4.43 Å². The lowest BCUT2D eigenvalue weighted by Gasteiger charge is -2.30. The van der Waals surface area contributed by atoms with Gasteiger partial charge in [-0.25, -0.2) is 0 Å². The number of unbranched alkanes of at least 4 members (excludes halogenated alkanes) is 2. The third kappa shape index (κ3) is 7.53. The fourth-order valence-electron chi connectivity index (χ4n) is 1.78. The van der Waals surface area contributed by atoms with Crippen LogP contribution in [0.5, 0.6) is 0 Å². The Balaban J connectivity index is 4.98. The van der Waals surface area contributed by atoms with Crippen molar-refractivity contribution in [3.05, 3.63) is 0 Å². The molecule has 18 heavy (non-hydrogen) atoms. The van der Waals surface area contributed by atoms with Gasteiger partial charge in [0.05, 0.1) is 0 Å². The van der Waals surface area contributed by atoms with E-state index in [0.717, 1.165) is 19.3 Å². The molecular formula is C15H27NOSi. The molecule has 0 saturated heterocycles. The fraction of sp³-hybridized carbons (Fsp3) is 0.800. The number of nitrogens with zero attached hydrogens (tertiary/aromatic N) is 1. The van der Waals surface area contributed by atoms with Crippen LogP contribution < -0.4 is 0 Å². The molecule has 0 aromatic rings. The molecule has 0 heterocycles. The Morgan fingerprint density at radius 1 is 1.28 bits per heavy atom. The van der Waals surface area contributed by atoms with Crippen molar-refractivity contribution in [2.45, 2.75) is 71.7 Å². The van der Waals surface area contributed by atoms with E-state index in [2.05, 4.69) is 58.3 Å². The maximum Gasteiger partial charge on any atom is 0.206 e. The van der Waals surface area contributed by atoms with Crippen molar-refractivity contribution in [3.8, 4) is 17.9 Å². The molecule has 0 aliphatic heterocycles. The van der Waals surface area contributed by atoms with Gasteiger partial charge in [0.15, 0.2) is 8.32 Å². The Hall–Kier alpha value is -0.773. The summed E-state index contributed by atoms with van der Waals surface area (Å²) >= 11 is 0. The van der Waals surface area contributed by atoms with E-state index >= 15 is 0 Å². The van der Waals surface area contributed by atoms with Crippen LogP contribution in [0.3, 0.4) is 0 Å². The summed E-state index contributed by atoms with van der Waals surface area (Å²) in [5.74, 6) is 6.64. The summed E-state index contributed by atoms with van der Waals surface area (Å²) < 4.78 is 6.07. The fourth-order valence-corrected chi connectivity index (χ4v) is 3.01. The summed E-state index contributed by atoms with van der Waals surface area (Å²) in [7, 11) is -1.77. The summed E-state index contributed by atoms with van der Waals surface area (Å²) in [5.41, 5.74) is -0.896. The number of nitriles is 1. The zero-order valence-electron chi connectivity index (χ0n) is 12.8. The lowest BCUT2D eigenvalue weighted by Crippen LogP contribution is -2.41. The molecule has 1 atom stereocenters. The third-order valence-electron chi connectivity index (χ3n) is 2.30. The molecule has 0 rings (SSSR count). The molecule has 0 fully saturated rings. The first kappa shape index (κ1) is 17.2. The SMILES string of the molecule is CCCCC#C[C@@](C#N)(CC(C)C)O[Si](C)(C)C. The molecular weight excluding hydrogens is 238 g/mol. The smallest absolute Gasteiger partial charge is 0.206 e. The van der Waals surface area contributed by atoms with Gasteiger partial charge in [0, 0.05) is 12.8 Å². The molecule has 0 aliphatic carbocycles. The van der Waals surface area contributed by atoms with Crippen molar-refractivity contribution in [3.63, 3.8) is 0 Å². The molecule has 0 spiro atoms. The van der Waals surface area contributed by atoms with Gasteiger partial charge in [-0.1, -0.05) is 39.0 Å². The largest absolute Gasteiger partial charge is 0.391 e. The van der Waals surface area contributed by atoms with Crippen LogP contribution in [-0.2, 0) is 4.43 Å². The zero-order valence-corrected chi connectivity index (χ0v) is 13.8. The predicted octanol–water partition coefficient (Wildman–Crippen LogP) is 4.34. The van der Waals surface area contributed by atoms with Gasteiger partial charge in [-0.3, -0.25) is 0 Å². The van der Waals surface area contributed by atoms with Crippen LogP contribution in [0.1, 0.15) is 46.5 Å². The van der Waals surface area contributed by atoms with Crippen molar-refractivity contribution in [2.24, 2.45) is 5.92 Å². The highest BCUT2D eigenvalue weighted by Gasteiger charge is 2.35. The lowest BCUT2D eigenvalue weighted by molar-refractivity contribution is 0.153. The first-order chi connectivity index (χ1) is 8.24. The first-order valence-electron chi connectivity index (χ1n) is 6.86. The van der Waals surface area contributed by atoms with Gasteiger partial charge >= 0.3 is 0 Å². The van der Waals surface area contributed by atoms with E-state index in [1.165, 1.54) is 0 Å². The van der Waals surface area contributed by atoms with E-state index < -0.39 is 13.9 Å². The molecule has 0 bridgehead atoms. The Labute approximate surface area is 114 Å². The summed E-state index contributed by atoms with van der Waals surface area (Å²) in [6.07, 6.45) is 3.76. The van der Waals surface area contributed by atoms with Gasteiger partial charge in [-0.15, -0.1) is 0 Å². The van der Waals surface area contributed by atoms with Gasteiger partial charge in [-0.05, 0) is 32.0 Å². The first-order valence-corrected chi connectivity index (χ1v) is 10.3. The Kier molecular flexibility index (Phi) is 7.29. The molecule has 0 aromatic heterocycles. The van der Waals surface area contributed by atoms with Gasteiger partial charge in [0.25, 0.3) is 0 Å². The standard InChI is InChI=1S/C15H27NOSi/c1-7-8-9-10-11-15(13-16,12-14(2)3)17-18(4,5)6/h14H,7-9,12H2,1-6H3/t15-/m0/s1. The van der Waals surface area contributed by atoms with Crippen molar-refractivity contribution in [1.82, 2.24) is 0 Å². The minimum absolute atomic E-state index is 0.404. The maximum atomic E-state index is 9.49. The Morgan fingerprint density at radius 3 is 2.28 bits per heavy atom. The highest BCUT2D eigenvalue weighted by molar-refractivity contribution is 6.69. The topological polar surface area (TPSA) is 33.0 Å². The average molecular weight is 265 g/mol. The summed E-state index contributed by atoms with van der Waals surface area (Å²) in [5, 5.41) is 9.49. The molecule has 0 saturated carbocycles. The van der Waals surface area contributed by atoms with E-state index in [9.17, 15) is 5.26 Å². The molecule has 102 valence electrons. The summed E-state index contributed by atoms with van der Waals surface area (Å²) in [6.45, 7) is 12.7. The van der Waals surface area contributed by atoms with Crippen LogP contribution in [0.2, 0.25) is 19.6 Å². The molecule has 3 heteroatoms. The van der Waals surface area contributed by atoms with Gasteiger partial charge in [0.2, 0.25) is 5.60 Å². The molecule has 2 nitrogen and oxygen atoms in total. The van der Waals surface area contributed by atoms with E-state index in [1.54, 1.807) is 0 Å². The summed E-state index contributed by atoms with van der Waals surface area (Å²) in [6, 6.07) is 2.32.